The molecule has 0 unspecified atom stereocenters. The number of carbonyl (C=O) groups excluding carboxylic acids is 1. The van der Waals surface area contributed by atoms with E-state index in [1.807, 2.05) is 6.92 Å². The molecule has 0 radical (unpaired) electrons. The van der Waals surface area contributed by atoms with Gasteiger partial charge in [0.05, 0.1) is 0 Å². The van der Waals surface area contributed by atoms with E-state index in [9.17, 15) is 17.6 Å². The highest BCUT2D eigenvalue weighted by Gasteiger charge is 2.32. The molecular formula is C17H24FN3O4S. The van der Waals surface area contributed by atoms with E-state index in [0.717, 1.165) is 11.1 Å². The summed E-state index contributed by atoms with van der Waals surface area (Å²) < 4.78 is 41.8. The fraction of sp³-hybridized carbons (Fsp3) is 0.471. The van der Waals surface area contributed by atoms with Gasteiger partial charge >= 0.3 is 0 Å². The molecule has 0 aliphatic carbocycles. The molecule has 1 amide bonds. The molecule has 1 aromatic rings. The smallest absolute Gasteiger partial charge is 0.280 e. The maximum absolute atomic E-state index is 13.0. The van der Waals surface area contributed by atoms with Crippen molar-refractivity contribution in [3.05, 3.63) is 41.7 Å². The standard InChI is InChI=1S/C17H24FN3O4S/c1-3-12(2)16(17(22)19-23)20-26(24,25)21-10-8-14(9-11-21)13-4-6-15(18)7-5-13/h4-8,12,16,20,23H,3,9-11H2,1-2H3,(H,19,22)/t12-,16-/m1/s1. The molecule has 0 fully saturated rings. The van der Waals surface area contributed by atoms with Crippen molar-refractivity contribution >= 4 is 21.7 Å². The number of halogens is 1. The molecule has 1 heterocycles. The summed E-state index contributed by atoms with van der Waals surface area (Å²) in [5.41, 5.74) is 3.31. The summed E-state index contributed by atoms with van der Waals surface area (Å²) >= 11 is 0. The molecular weight excluding hydrogens is 361 g/mol. The zero-order chi connectivity index (χ0) is 19.3. The second kappa shape index (κ2) is 8.72. The zero-order valence-electron chi connectivity index (χ0n) is 14.8. The second-order valence-electron chi connectivity index (χ2n) is 6.31. The molecule has 0 saturated heterocycles. The minimum absolute atomic E-state index is 0.149. The quantitative estimate of drug-likeness (QED) is 0.491. The summed E-state index contributed by atoms with van der Waals surface area (Å²) in [5, 5.41) is 8.85. The molecule has 9 heteroatoms. The third-order valence-electron chi connectivity index (χ3n) is 4.61. The number of rotatable bonds is 7. The van der Waals surface area contributed by atoms with Crippen LogP contribution in [-0.4, -0.2) is 43.0 Å². The Morgan fingerprint density at radius 1 is 1.35 bits per heavy atom. The molecule has 0 spiro atoms. The summed E-state index contributed by atoms with van der Waals surface area (Å²) in [6.07, 6.45) is 2.82. The van der Waals surface area contributed by atoms with Crippen molar-refractivity contribution in [2.75, 3.05) is 13.1 Å². The number of nitrogens with one attached hydrogen (secondary N) is 2. The number of hydroxylamine groups is 1. The topological polar surface area (TPSA) is 98.7 Å². The molecule has 1 aromatic carbocycles. The Morgan fingerprint density at radius 2 is 2.00 bits per heavy atom. The van der Waals surface area contributed by atoms with Crippen LogP contribution in [0.25, 0.3) is 5.57 Å². The lowest BCUT2D eigenvalue weighted by atomic mass is 10.00. The average molecular weight is 385 g/mol. The lowest BCUT2D eigenvalue weighted by Crippen LogP contribution is -2.54. The van der Waals surface area contributed by atoms with E-state index in [1.54, 1.807) is 25.1 Å². The Kier molecular flexibility index (Phi) is 6.87. The Morgan fingerprint density at radius 3 is 2.50 bits per heavy atom. The summed E-state index contributed by atoms with van der Waals surface area (Å²) in [6, 6.07) is 5.00. The summed E-state index contributed by atoms with van der Waals surface area (Å²) in [7, 11) is -3.90. The second-order valence-corrected chi connectivity index (χ2v) is 8.01. The van der Waals surface area contributed by atoms with Gasteiger partial charge in [0.2, 0.25) is 0 Å². The molecule has 0 bridgehead atoms. The largest absolute Gasteiger partial charge is 0.289 e. The van der Waals surface area contributed by atoms with Crippen LogP contribution in [0.4, 0.5) is 4.39 Å². The lowest BCUT2D eigenvalue weighted by Gasteiger charge is -2.29. The number of carbonyl (C=O) groups is 1. The van der Waals surface area contributed by atoms with E-state index in [2.05, 4.69) is 4.72 Å². The van der Waals surface area contributed by atoms with Gasteiger partial charge in [0.1, 0.15) is 11.9 Å². The molecule has 1 aliphatic rings. The van der Waals surface area contributed by atoms with Crippen LogP contribution >= 0.6 is 0 Å². The van der Waals surface area contributed by atoms with Crippen LogP contribution in [-0.2, 0) is 15.0 Å². The van der Waals surface area contributed by atoms with Gasteiger partial charge in [0, 0.05) is 13.1 Å². The van der Waals surface area contributed by atoms with E-state index < -0.39 is 22.2 Å². The van der Waals surface area contributed by atoms with E-state index in [-0.39, 0.29) is 24.8 Å². The molecule has 26 heavy (non-hydrogen) atoms. The number of nitrogens with zero attached hydrogens (tertiary/aromatic N) is 1. The van der Waals surface area contributed by atoms with Gasteiger partial charge in [-0.05, 0) is 35.6 Å². The van der Waals surface area contributed by atoms with Crippen molar-refractivity contribution < 1.29 is 22.8 Å². The molecule has 144 valence electrons. The van der Waals surface area contributed by atoms with Gasteiger partial charge < -0.3 is 0 Å². The Bertz CT molecular complexity index is 765. The SMILES string of the molecule is CC[C@@H](C)[C@@H](NS(=O)(=O)N1CC=C(c2ccc(F)cc2)CC1)C(=O)NO. The first-order valence-corrected chi connectivity index (χ1v) is 9.88. The van der Waals surface area contributed by atoms with Gasteiger partial charge in [-0.25, -0.2) is 9.87 Å². The maximum Gasteiger partial charge on any atom is 0.280 e. The van der Waals surface area contributed by atoms with Crippen LogP contribution < -0.4 is 10.2 Å². The predicted octanol–water partition coefficient (Wildman–Crippen LogP) is 1.67. The van der Waals surface area contributed by atoms with Crippen molar-refractivity contribution in [2.24, 2.45) is 5.92 Å². The zero-order valence-corrected chi connectivity index (χ0v) is 15.6. The Hall–Kier alpha value is -1.81. The van der Waals surface area contributed by atoms with E-state index in [0.29, 0.717) is 12.8 Å². The molecule has 1 aliphatic heterocycles. The van der Waals surface area contributed by atoms with Crippen molar-refractivity contribution in [1.29, 1.82) is 0 Å². The molecule has 0 saturated carbocycles. The minimum atomic E-state index is -3.90. The van der Waals surface area contributed by atoms with Crippen LogP contribution in [0.3, 0.4) is 0 Å². The van der Waals surface area contributed by atoms with Crippen LogP contribution in [0, 0.1) is 11.7 Å². The fourth-order valence-corrected chi connectivity index (χ4v) is 4.18. The van der Waals surface area contributed by atoms with E-state index in [1.165, 1.54) is 21.9 Å². The highest BCUT2D eigenvalue weighted by atomic mass is 32.2. The van der Waals surface area contributed by atoms with Gasteiger partial charge in [-0.2, -0.15) is 17.4 Å². The number of benzene rings is 1. The van der Waals surface area contributed by atoms with Crippen LogP contribution in [0.5, 0.6) is 0 Å². The first-order valence-electron chi connectivity index (χ1n) is 8.44. The van der Waals surface area contributed by atoms with Gasteiger partial charge in [-0.15, -0.1) is 0 Å². The summed E-state index contributed by atoms with van der Waals surface area (Å²) in [5.74, 6) is -1.40. The monoisotopic (exact) mass is 385 g/mol. The van der Waals surface area contributed by atoms with Gasteiger partial charge in [-0.1, -0.05) is 38.5 Å². The Balaban J connectivity index is 2.10. The maximum atomic E-state index is 13.0. The van der Waals surface area contributed by atoms with Crippen LogP contribution in [0.2, 0.25) is 0 Å². The van der Waals surface area contributed by atoms with Crippen molar-refractivity contribution in [1.82, 2.24) is 14.5 Å². The molecule has 7 nitrogen and oxygen atoms in total. The highest BCUT2D eigenvalue weighted by Crippen LogP contribution is 2.24. The molecule has 3 N–H and O–H groups in total. The number of hydrogen-bond acceptors (Lipinski definition) is 4. The summed E-state index contributed by atoms with van der Waals surface area (Å²) in [4.78, 5) is 11.8. The van der Waals surface area contributed by atoms with Crippen LogP contribution in [0.15, 0.2) is 30.3 Å². The number of amides is 1. The summed E-state index contributed by atoms with van der Waals surface area (Å²) in [6.45, 7) is 3.95. The molecule has 2 atom stereocenters. The first-order chi connectivity index (χ1) is 12.3. The normalized spacial score (nSPS) is 18.1. The van der Waals surface area contributed by atoms with E-state index >= 15 is 0 Å². The highest BCUT2D eigenvalue weighted by molar-refractivity contribution is 7.87. The lowest BCUT2D eigenvalue weighted by molar-refractivity contribution is -0.132. The van der Waals surface area contributed by atoms with Gasteiger partial charge in [-0.3, -0.25) is 10.0 Å². The predicted molar refractivity (Wildman–Crippen MR) is 95.8 cm³/mol. The number of hydrogen-bond donors (Lipinski definition) is 3. The average Bonchev–Trinajstić information content (AvgIpc) is 2.65. The minimum Gasteiger partial charge on any atom is -0.289 e. The van der Waals surface area contributed by atoms with E-state index in [4.69, 9.17) is 5.21 Å². The molecule has 2 rings (SSSR count). The molecule has 0 aromatic heterocycles. The van der Waals surface area contributed by atoms with Crippen molar-refractivity contribution in [3.63, 3.8) is 0 Å². The van der Waals surface area contributed by atoms with Crippen molar-refractivity contribution in [3.8, 4) is 0 Å². The van der Waals surface area contributed by atoms with Gasteiger partial charge in [0.15, 0.2) is 0 Å². The van der Waals surface area contributed by atoms with Gasteiger partial charge in [0.25, 0.3) is 16.1 Å². The Labute approximate surface area is 153 Å². The van der Waals surface area contributed by atoms with Crippen LogP contribution in [0.1, 0.15) is 32.3 Å². The first kappa shape index (κ1) is 20.5. The fourth-order valence-electron chi connectivity index (χ4n) is 2.76. The third-order valence-corrected chi connectivity index (χ3v) is 6.17. The van der Waals surface area contributed by atoms with Crippen molar-refractivity contribution in [2.45, 2.75) is 32.7 Å². The third kappa shape index (κ3) is 4.88.